The van der Waals surface area contributed by atoms with Gasteiger partial charge in [-0.2, -0.15) is 0 Å². The third-order valence-electron chi connectivity index (χ3n) is 4.14. The van der Waals surface area contributed by atoms with Crippen molar-refractivity contribution in [3.63, 3.8) is 0 Å². The molecule has 3 aromatic rings. The lowest BCUT2D eigenvalue weighted by atomic mass is 10.2. The Morgan fingerprint density at radius 2 is 1.96 bits per heavy atom. The van der Waals surface area contributed by atoms with E-state index in [2.05, 4.69) is 9.88 Å². The summed E-state index contributed by atoms with van der Waals surface area (Å²) in [5.41, 5.74) is 1.38. The molecule has 3 rings (SSSR count). The maximum Gasteiger partial charge on any atom is 0.261 e. The maximum atomic E-state index is 13.6. The molecule has 0 saturated carbocycles. The van der Waals surface area contributed by atoms with Gasteiger partial charge in [0.05, 0.1) is 15.8 Å². The van der Waals surface area contributed by atoms with E-state index >= 15 is 0 Å². The molecule has 1 heterocycles. The summed E-state index contributed by atoms with van der Waals surface area (Å²) < 4.78 is 14.3. The number of thiazole rings is 1. The van der Waals surface area contributed by atoms with E-state index in [1.165, 1.54) is 23.5 Å². The highest BCUT2D eigenvalue weighted by Gasteiger charge is 2.23. The molecule has 0 N–H and O–H groups in total. The average Bonchev–Trinajstić information content (AvgIpc) is 3.07. The molecule has 142 valence electrons. The third-order valence-corrected chi connectivity index (χ3v) is 5.98. The third kappa shape index (κ3) is 4.66. The van der Waals surface area contributed by atoms with Crippen LogP contribution in [0.4, 0.5) is 9.52 Å². The fourth-order valence-electron chi connectivity index (χ4n) is 2.80. The van der Waals surface area contributed by atoms with Crippen molar-refractivity contribution in [1.29, 1.82) is 0 Å². The van der Waals surface area contributed by atoms with Gasteiger partial charge in [-0.15, -0.1) is 11.8 Å². The molecule has 4 nitrogen and oxygen atoms in total. The fourth-order valence-corrected chi connectivity index (χ4v) is 4.40. The number of aromatic nitrogens is 1. The Bertz CT molecular complexity index is 942. The van der Waals surface area contributed by atoms with Gasteiger partial charge in [0.1, 0.15) is 5.82 Å². The smallest absolute Gasteiger partial charge is 0.261 e. The van der Waals surface area contributed by atoms with Crippen LogP contribution < -0.4 is 4.90 Å². The first kappa shape index (κ1) is 19.8. The number of carbonyl (C=O) groups is 1. The van der Waals surface area contributed by atoms with Crippen LogP contribution >= 0.6 is 23.1 Å². The number of benzene rings is 2. The molecule has 1 amide bonds. The zero-order valence-corrected chi connectivity index (χ0v) is 17.2. The number of hydrogen-bond donors (Lipinski definition) is 0. The number of amides is 1. The number of fused-ring (bicyclic) bond motifs is 1. The molecule has 0 aliphatic heterocycles. The van der Waals surface area contributed by atoms with Gasteiger partial charge in [0.15, 0.2) is 5.13 Å². The summed E-state index contributed by atoms with van der Waals surface area (Å²) in [6, 6.07) is 12.1. The fraction of sp³-hybridized carbons (Fsp3) is 0.300. The Hall–Kier alpha value is -1.96. The van der Waals surface area contributed by atoms with Gasteiger partial charge in [-0.05, 0) is 63.6 Å². The predicted octanol–water partition coefficient (Wildman–Crippen LogP) is 4.76. The van der Waals surface area contributed by atoms with Crippen molar-refractivity contribution in [1.82, 2.24) is 9.88 Å². The minimum atomic E-state index is -0.295. The Morgan fingerprint density at radius 3 is 2.70 bits per heavy atom. The maximum absolute atomic E-state index is 13.6. The molecule has 0 fully saturated rings. The molecular formula is C20H22FN3OS2. The van der Waals surface area contributed by atoms with E-state index in [4.69, 9.17) is 0 Å². The summed E-state index contributed by atoms with van der Waals surface area (Å²) in [6.07, 6.45) is 2.79. The molecule has 0 unspecified atom stereocenters. The van der Waals surface area contributed by atoms with Crippen LogP contribution in [0.3, 0.4) is 0 Å². The van der Waals surface area contributed by atoms with Crippen LogP contribution in [0, 0.1) is 5.82 Å². The molecule has 1 aromatic heterocycles. The van der Waals surface area contributed by atoms with E-state index in [9.17, 15) is 9.18 Å². The molecular weight excluding hydrogens is 381 g/mol. The van der Waals surface area contributed by atoms with Gasteiger partial charge in [-0.1, -0.05) is 23.5 Å². The van der Waals surface area contributed by atoms with Crippen molar-refractivity contribution < 1.29 is 9.18 Å². The van der Waals surface area contributed by atoms with Gasteiger partial charge in [-0.3, -0.25) is 9.69 Å². The van der Waals surface area contributed by atoms with Crippen LogP contribution in [0.1, 0.15) is 16.8 Å². The summed E-state index contributed by atoms with van der Waals surface area (Å²) in [4.78, 5) is 22.7. The van der Waals surface area contributed by atoms with E-state index in [1.54, 1.807) is 22.7 Å². The summed E-state index contributed by atoms with van der Waals surface area (Å²) in [5, 5.41) is 0.607. The molecule has 0 spiro atoms. The van der Waals surface area contributed by atoms with Crippen LogP contribution in [0.2, 0.25) is 0 Å². The molecule has 0 saturated heterocycles. The summed E-state index contributed by atoms with van der Waals surface area (Å²) in [6.45, 7) is 1.43. The van der Waals surface area contributed by atoms with Crippen molar-refractivity contribution in [3.8, 4) is 0 Å². The van der Waals surface area contributed by atoms with Crippen molar-refractivity contribution in [3.05, 3.63) is 53.8 Å². The quantitative estimate of drug-likeness (QED) is 0.533. The Balaban J connectivity index is 1.97. The number of hydrogen-bond acceptors (Lipinski definition) is 5. The van der Waals surface area contributed by atoms with Gasteiger partial charge < -0.3 is 4.90 Å². The number of rotatable bonds is 7. The first-order valence-corrected chi connectivity index (χ1v) is 10.7. The van der Waals surface area contributed by atoms with Gasteiger partial charge in [-0.25, -0.2) is 9.37 Å². The zero-order valence-electron chi connectivity index (χ0n) is 15.6. The van der Waals surface area contributed by atoms with Gasteiger partial charge >= 0.3 is 0 Å². The molecule has 0 aliphatic carbocycles. The molecule has 0 radical (unpaired) electrons. The molecule has 0 bridgehead atoms. The number of thioether (sulfide) groups is 1. The molecule has 0 aliphatic rings. The normalized spacial score (nSPS) is 11.3. The SMILES string of the molecule is CSc1ccccc1C(=O)N(CCCN(C)C)c1nc2ccc(F)cc2s1. The number of nitrogens with zero attached hydrogens (tertiary/aromatic N) is 3. The Kier molecular flexibility index (Phi) is 6.46. The van der Waals surface area contributed by atoms with Gasteiger partial charge in [0.2, 0.25) is 0 Å². The highest BCUT2D eigenvalue weighted by Crippen LogP contribution is 2.31. The van der Waals surface area contributed by atoms with Crippen molar-refractivity contribution in [2.75, 3.05) is 38.3 Å². The Morgan fingerprint density at radius 1 is 1.19 bits per heavy atom. The van der Waals surface area contributed by atoms with Crippen LogP contribution in [0.15, 0.2) is 47.4 Å². The average molecular weight is 404 g/mol. The molecule has 7 heteroatoms. The van der Waals surface area contributed by atoms with Crippen molar-refractivity contribution >= 4 is 44.4 Å². The second-order valence-electron chi connectivity index (χ2n) is 6.42. The zero-order chi connectivity index (χ0) is 19.4. The lowest BCUT2D eigenvalue weighted by Crippen LogP contribution is -2.33. The van der Waals surface area contributed by atoms with Gasteiger partial charge in [0.25, 0.3) is 5.91 Å². The monoisotopic (exact) mass is 403 g/mol. The molecule has 0 atom stereocenters. The predicted molar refractivity (Wildman–Crippen MR) is 113 cm³/mol. The summed E-state index contributed by atoms with van der Waals surface area (Å²) >= 11 is 2.90. The topological polar surface area (TPSA) is 36.4 Å². The number of carbonyl (C=O) groups excluding carboxylic acids is 1. The van der Waals surface area contributed by atoms with E-state index in [0.29, 0.717) is 22.8 Å². The molecule has 2 aromatic carbocycles. The van der Waals surface area contributed by atoms with E-state index in [0.717, 1.165) is 22.6 Å². The Labute approximate surface area is 167 Å². The first-order valence-electron chi connectivity index (χ1n) is 8.65. The number of halogens is 1. The highest BCUT2D eigenvalue weighted by atomic mass is 32.2. The largest absolute Gasteiger partial charge is 0.309 e. The number of anilines is 1. The van der Waals surface area contributed by atoms with E-state index < -0.39 is 0 Å². The van der Waals surface area contributed by atoms with E-state index in [1.807, 2.05) is 44.6 Å². The summed E-state index contributed by atoms with van der Waals surface area (Å²) in [7, 11) is 4.02. The minimum Gasteiger partial charge on any atom is -0.309 e. The lowest BCUT2D eigenvalue weighted by Gasteiger charge is -2.22. The summed E-state index contributed by atoms with van der Waals surface area (Å²) in [5.74, 6) is -0.367. The van der Waals surface area contributed by atoms with Crippen molar-refractivity contribution in [2.24, 2.45) is 0 Å². The lowest BCUT2D eigenvalue weighted by molar-refractivity contribution is 0.0983. The standard InChI is InChI=1S/C20H22FN3OS2/c1-23(2)11-6-12-24(19(25)15-7-4-5-8-17(15)26-3)20-22-16-10-9-14(21)13-18(16)27-20/h4-5,7-10,13H,6,11-12H2,1-3H3. The van der Waals surface area contributed by atoms with Crippen molar-refractivity contribution in [2.45, 2.75) is 11.3 Å². The van der Waals surface area contributed by atoms with Crippen LogP contribution in [-0.2, 0) is 0 Å². The van der Waals surface area contributed by atoms with Crippen LogP contribution in [-0.4, -0.2) is 49.2 Å². The second-order valence-corrected chi connectivity index (χ2v) is 8.28. The van der Waals surface area contributed by atoms with Crippen LogP contribution in [0.25, 0.3) is 10.2 Å². The highest BCUT2D eigenvalue weighted by molar-refractivity contribution is 7.98. The van der Waals surface area contributed by atoms with Gasteiger partial charge in [0, 0.05) is 11.4 Å². The first-order chi connectivity index (χ1) is 13.0. The van der Waals surface area contributed by atoms with Crippen LogP contribution in [0.5, 0.6) is 0 Å². The second kappa shape index (κ2) is 8.82. The molecule has 27 heavy (non-hydrogen) atoms. The van der Waals surface area contributed by atoms with E-state index in [-0.39, 0.29) is 11.7 Å². The minimum absolute atomic E-state index is 0.0711.